The quantitative estimate of drug-likeness (QED) is 0.534. The van der Waals surface area contributed by atoms with Crippen LogP contribution >= 0.6 is 11.3 Å². The number of hydrogen-bond acceptors (Lipinski definition) is 9. The van der Waals surface area contributed by atoms with E-state index in [4.69, 9.17) is 5.11 Å². The summed E-state index contributed by atoms with van der Waals surface area (Å²) >= 11 is 1.49. The Labute approximate surface area is 179 Å². The van der Waals surface area contributed by atoms with Gasteiger partial charge in [0, 0.05) is 56.4 Å². The minimum Gasteiger partial charge on any atom is -0.481 e. The molecule has 0 radical (unpaired) electrons. The molecule has 0 unspecified atom stereocenters. The normalized spacial score (nSPS) is 14.7. The molecule has 0 saturated carbocycles. The molecular weight excluding hydrogens is 406 g/mol. The van der Waals surface area contributed by atoms with Crippen molar-refractivity contribution < 1.29 is 14.7 Å². The number of piperazine rings is 1. The number of thiazole rings is 1. The standard InChI is InChI=1S/C19H27N7O3S/c1-13(2)22-16(27)12-25-6-8-26(9-7-25)15-11-14(18-20-5-10-30-18)23-19(24-15)21-4-3-17(28)29/h5,10-11,13H,3-4,6-9,12H2,1-2H3,(H,22,27)(H,28,29)(H,21,23,24). The second-order valence-corrected chi connectivity index (χ2v) is 8.22. The van der Waals surface area contributed by atoms with E-state index in [-0.39, 0.29) is 24.9 Å². The maximum Gasteiger partial charge on any atom is 0.305 e. The van der Waals surface area contributed by atoms with Gasteiger partial charge in [0.25, 0.3) is 0 Å². The van der Waals surface area contributed by atoms with Crippen LogP contribution in [0.3, 0.4) is 0 Å². The van der Waals surface area contributed by atoms with Gasteiger partial charge in [-0.3, -0.25) is 14.5 Å². The zero-order valence-electron chi connectivity index (χ0n) is 17.2. The number of carbonyl (C=O) groups is 2. The number of carboxylic acids is 1. The first-order valence-electron chi connectivity index (χ1n) is 9.92. The number of carbonyl (C=O) groups excluding carboxylic acids is 1. The van der Waals surface area contributed by atoms with E-state index < -0.39 is 5.97 Å². The number of anilines is 2. The summed E-state index contributed by atoms with van der Waals surface area (Å²) in [5.41, 5.74) is 0.701. The van der Waals surface area contributed by atoms with Crippen molar-refractivity contribution in [3.63, 3.8) is 0 Å². The van der Waals surface area contributed by atoms with Crippen molar-refractivity contribution in [3.05, 3.63) is 17.6 Å². The molecule has 3 rings (SSSR count). The van der Waals surface area contributed by atoms with Crippen molar-refractivity contribution in [2.75, 3.05) is 49.5 Å². The molecule has 11 heteroatoms. The highest BCUT2D eigenvalue weighted by Gasteiger charge is 2.21. The summed E-state index contributed by atoms with van der Waals surface area (Å²) in [5, 5.41) is 17.4. The van der Waals surface area contributed by atoms with Gasteiger partial charge < -0.3 is 20.6 Å². The highest BCUT2D eigenvalue weighted by molar-refractivity contribution is 7.13. The topological polar surface area (TPSA) is 124 Å². The molecule has 10 nitrogen and oxygen atoms in total. The molecule has 1 aliphatic heterocycles. The number of carboxylic acid groups (broad SMARTS) is 1. The van der Waals surface area contributed by atoms with Crippen molar-refractivity contribution in [2.45, 2.75) is 26.3 Å². The minimum atomic E-state index is -0.878. The summed E-state index contributed by atoms with van der Waals surface area (Å²) in [6.07, 6.45) is 1.71. The van der Waals surface area contributed by atoms with E-state index in [9.17, 15) is 9.59 Å². The molecule has 2 aromatic heterocycles. The molecule has 30 heavy (non-hydrogen) atoms. The first kappa shape index (κ1) is 21.9. The van der Waals surface area contributed by atoms with Crippen LogP contribution in [0.25, 0.3) is 10.7 Å². The number of hydrogen-bond donors (Lipinski definition) is 3. The second kappa shape index (κ2) is 10.3. The Balaban J connectivity index is 1.68. The maximum atomic E-state index is 12.0. The number of nitrogens with zero attached hydrogens (tertiary/aromatic N) is 5. The summed E-state index contributed by atoms with van der Waals surface area (Å²) in [6, 6.07) is 2.04. The van der Waals surface area contributed by atoms with Gasteiger partial charge in [-0.05, 0) is 13.8 Å². The molecule has 2 aromatic rings. The van der Waals surface area contributed by atoms with Gasteiger partial charge in [0.1, 0.15) is 16.5 Å². The van der Waals surface area contributed by atoms with Crippen LogP contribution in [0.2, 0.25) is 0 Å². The van der Waals surface area contributed by atoms with Crippen LogP contribution < -0.4 is 15.5 Å². The van der Waals surface area contributed by atoms with Crippen LogP contribution in [0.15, 0.2) is 17.6 Å². The lowest BCUT2D eigenvalue weighted by Crippen LogP contribution is -2.50. The third kappa shape index (κ3) is 6.36. The summed E-state index contributed by atoms with van der Waals surface area (Å²) in [4.78, 5) is 40.5. The Kier molecular flexibility index (Phi) is 7.52. The Morgan fingerprint density at radius 2 is 2.00 bits per heavy atom. The number of nitrogens with one attached hydrogen (secondary N) is 2. The molecule has 0 aromatic carbocycles. The lowest BCUT2D eigenvalue weighted by atomic mass is 10.3. The average Bonchev–Trinajstić information content (AvgIpc) is 3.22. The van der Waals surface area contributed by atoms with Gasteiger partial charge in [-0.25, -0.2) is 9.97 Å². The second-order valence-electron chi connectivity index (χ2n) is 7.33. The van der Waals surface area contributed by atoms with Crippen LogP contribution in [-0.2, 0) is 9.59 Å². The van der Waals surface area contributed by atoms with Crippen molar-refractivity contribution in [1.82, 2.24) is 25.2 Å². The van der Waals surface area contributed by atoms with Gasteiger partial charge in [-0.1, -0.05) is 0 Å². The lowest BCUT2D eigenvalue weighted by Gasteiger charge is -2.35. The van der Waals surface area contributed by atoms with E-state index in [0.717, 1.165) is 37.0 Å². The predicted octanol–water partition coefficient (Wildman–Crippen LogP) is 1.13. The smallest absolute Gasteiger partial charge is 0.305 e. The van der Waals surface area contributed by atoms with Crippen molar-refractivity contribution in [3.8, 4) is 10.7 Å². The van der Waals surface area contributed by atoms with Gasteiger partial charge in [0.05, 0.1) is 13.0 Å². The summed E-state index contributed by atoms with van der Waals surface area (Å²) in [6.45, 7) is 7.51. The van der Waals surface area contributed by atoms with E-state index in [1.165, 1.54) is 11.3 Å². The first-order chi connectivity index (χ1) is 14.4. The van der Waals surface area contributed by atoms with Crippen LogP contribution in [0, 0.1) is 0 Å². The van der Waals surface area contributed by atoms with Gasteiger partial charge >= 0.3 is 5.97 Å². The van der Waals surface area contributed by atoms with Crippen molar-refractivity contribution in [1.29, 1.82) is 0 Å². The fourth-order valence-corrected chi connectivity index (χ4v) is 3.72. The Hall–Kier alpha value is -2.79. The van der Waals surface area contributed by atoms with E-state index in [1.807, 2.05) is 25.3 Å². The zero-order chi connectivity index (χ0) is 21.5. The van der Waals surface area contributed by atoms with Gasteiger partial charge in [-0.2, -0.15) is 4.98 Å². The average molecular weight is 434 g/mol. The van der Waals surface area contributed by atoms with Crippen LogP contribution in [-0.4, -0.2) is 82.1 Å². The van der Waals surface area contributed by atoms with Gasteiger partial charge in [-0.15, -0.1) is 11.3 Å². The molecule has 0 atom stereocenters. The van der Waals surface area contributed by atoms with Crippen molar-refractivity contribution >= 4 is 35.0 Å². The molecular formula is C19H27N7O3S. The molecule has 3 heterocycles. The molecule has 1 saturated heterocycles. The molecule has 3 N–H and O–H groups in total. The first-order valence-corrected chi connectivity index (χ1v) is 10.8. The maximum absolute atomic E-state index is 12.0. The molecule has 0 aliphatic carbocycles. The SMILES string of the molecule is CC(C)NC(=O)CN1CCN(c2cc(-c3nccs3)nc(NCCC(=O)O)n2)CC1. The fourth-order valence-electron chi connectivity index (χ4n) is 3.12. The van der Waals surface area contributed by atoms with Crippen LogP contribution in [0.1, 0.15) is 20.3 Å². The lowest BCUT2D eigenvalue weighted by molar-refractivity contribution is -0.136. The van der Waals surface area contributed by atoms with E-state index in [2.05, 4.69) is 35.4 Å². The van der Waals surface area contributed by atoms with Crippen LogP contribution in [0.4, 0.5) is 11.8 Å². The highest BCUT2D eigenvalue weighted by Crippen LogP contribution is 2.25. The number of amides is 1. The minimum absolute atomic E-state index is 0.0166. The summed E-state index contributed by atoms with van der Waals surface area (Å²) in [5.74, 6) is 0.310. The Morgan fingerprint density at radius 3 is 2.63 bits per heavy atom. The molecule has 0 spiro atoms. The summed E-state index contributed by atoms with van der Waals surface area (Å²) in [7, 11) is 0. The van der Waals surface area contributed by atoms with Crippen molar-refractivity contribution in [2.24, 2.45) is 0 Å². The third-order valence-corrected chi connectivity index (χ3v) is 5.29. The van der Waals surface area contributed by atoms with E-state index in [1.54, 1.807) is 6.20 Å². The molecule has 1 fully saturated rings. The number of rotatable bonds is 9. The largest absolute Gasteiger partial charge is 0.481 e. The number of aliphatic carboxylic acids is 1. The Bertz CT molecular complexity index is 852. The predicted molar refractivity (Wildman–Crippen MR) is 116 cm³/mol. The zero-order valence-corrected chi connectivity index (χ0v) is 18.0. The molecule has 1 aliphatic rings. The summed E-state index contributed by atoms with van der Waals surface area (Å²) < 4.78 is 0. The van der Waals surface area contributed by atoms with Crippen LogP contribution in [0.5, 0.6) is 0 Å². The Morgan fingerprint density at radius 1 is 1.23 bits per heavy atom. The van der Waals surface area contributed by atoms with E-state index >= 15 is 0 Å². The molecule has 1 amide bonds. The highest BCUT2D eigenvalue weighted by atomic mass is 32.1. The molecule has 0 bridgehead atoms. The molecule has 162 valence electrons. The number of aromatic nitrogens is 3. The fraction of sp³-hybridized carbons (Fsp3) is 0.526. The van der Waals surface area contributed by atoms with Gasteiger partial charge in [0.15, 0.2) is 0 Å². The third-order valence-electron chi connectivity index (χ3n) is 4.50. The monoisotopic (exact) mass is 433 g/mol. The van der Waals surface area contributed by atoms with E-state index in [0.29, 0.717) is 18.2 Å². The van der Waals surface area contributed by atoms with Gasteiger partial charge in [0.2, 0.25) is 11.9 Å².